The van der Waals surface area contributed by atoms with Crippen molar-refractivity contribution in [3.05, 3.63) is 47.1 Å². The first-order valence-electron chi connectivity index (χ1n) is 10.4. The Morgan fingerprint density at radius 2 is 1.78 bits per heavy atom. The lowest BCUT2D eigenvalue weighted by Gasteiger charge is -2.53. The molecule has 32 heavy (non-hydrogen) atoms. The molecule has 3 aliphatic rings. The molecule has 1 heterocycles. The van der Waals surface area contributed by atoms with Gasteiger partial charge in [-0.1, -0.05) is 11.6 Å². The summed E-state index contributed by atoms with van der Waals surface area (Å²) in [5, 5.41) is 3.28. The van der Waals surface area contributed by atoms with Crippen molar-refractivity contribution in [2.75, 3.05) is 11.9 Å². The summed E-state index contributed by atoms with van der Waals surface area (Å²) in [6, 6.07) is 4.05. The van der Waals surface area contributed by atoms with Crippen LogP contribution in [0.15, 0.2) is 30.6 Å². The molecule has 1 aromatic heterocycles. The molecule has 0 spiro atoms. The molecule has 172 valence electrons. The fourth-order valence-corrected chi connectivity index (χ4v) is 4.84. The highest BCUT2D eigenvalue weighted by Crippen LogP contribution is 2.55. The Morgan fingerprint density at radius 3 is 2.34 bits per heavy atom. The summed E-state index contributed by atoms with van der Waals surface area (Å²) in [5.41, 5.74) is -1.36. The molecule has 3 fully saturated rings. The van der Waals surface area contributed by atoms with Crippen molar-refractivity contribution in [3.8, 4) is 5.75 Å². The third kappa shape index (κ3) is 4.98. The van der Waals surface area contributed by atoms with Crippen molar-refractivity contribution in [2.45, 2.75) is 56.7 Å². The highest BCUT2D eigenvalue weighted by atomic mass is 35.5. The van der Waals surface area contributed by atoms with Gasteiger partial charge in [0.1, 0.15) is 24.0 Å². The second-order valence-corrected chi connectivity index (χ2v) is 9.18. The number of anilines is 1. The summed E-state index contributed by atoms with van der Waals surface area (Å²) in [4.78, 5) is 19.9. The summed E-state index contributed by atoms with van der Waals surface area (Å²) in [7, 11) is 0. The van der Waals surface area contributed by atoms with Gasteiger partial charge < -0.3 is 10.1 Å². The van der Waals surface area contributed by atoms with Crippen LogP contribution in [0.25, 0.3) is 0 Å². The smallest absolute Gasteiger partial charge is 0.434 e. The largest absolute Gasteiger partial charge is 0.486 e. The summed E-state index contributed by atoms with van der Waals surface area (Å²) < 4.78 is 57.0. The van der Waals surface area contributed by atoms with Crippen molar-refractivity contribution >= 4 is 23.2 Å². The van der Waals surface area contributed by atoms with Gasteiger partial charge in [0.05, 0.1) is 17.4 Å². The third-order valence-corrected chi connectivity index (χ3v) is 6.91. The monoisotopic (exact) mass is 471 g/mol. The first kappa shape index (κ1) is 22.8. The van der Waals surface area contributed by atoms with Crippen molar-refractivity contribution < 1.29 is 27.1 Å². The molecule has 0 radical (unpaired) electrons. The second-order valence-electron chi connectivity index (χ2n) is 8.77. The quantitative estimate of drug-likeness (QED) is 0.515. The number of fused-ring (bicyclic) bond motifs is 3. The van der Waals surface area contributed by atoms with Crippen LogP contribution in [0.2, 0.25) is 5.02 Å². The first-order chi connectivity index (χ1) is 15.1. The van der Waals surface area contributed by atoms with E-state index in [-0.39, 0.29) is 34.1 Å². The number of rotatable bonds is 7. The van der Waals surface area contributed by atoms with Crippen molar-refractivity contribution in [1.29, 1.82) is 0 Å². The molecule has 10 heteroatoms. The molecule has 0 atom stereocenters. The number of nitrogens with zero attached hydrogens (tertiary/aromatic N) is 2. The fourth-order valence-electron chi connectivity index (χ4n) is 4.73. The number of ketones is 1. The van der Waals surface area contributed by atoms with Gasteiger partial charge in [0, 0.05) is 18.0 Å². The Balaban J connectivity index is 1.30. The lowest BCUT2D eigenvalue weighted by Crippen LogP contribution is -2.51. The van der Waals surface area contributed by atoms with E-state index in [2.05, 4.69) is 15.3 Å². The Bertz CT molecular complexity index is 973. The number of Topliss-reactive ketones (excluding diaryl/α,β-unsaturated/α-hetero) is 1. The molecule has 5 nitrogen and oxygen atoms in total. The number of ether oxygens (including phenoxy) is 1. The van der Waals surface area contributed by atoms with Crippen molar-refractivity contribution in [3.63, 3.8) is 0 Å². The van der Waals surface area contributed by atoms with Crippen LogP contribution in [0.3, 0.4) is 0 Å². The normalized spacial score (nSPS) is 24.9. The van der Waals surface area contributed by atoms with E-state index in [4.69, 9.17) is 16.3 Å². The number of hydrogen-bond donors (Lipinski definition) is 1. The number of alkyl halides is 3. The first-order valence-corrected chi connectivity index (χ1v) is 10.7. The predicted octanol–water partition coefficient (Wildman–Crippen LogP) is 5.83. The average Bonchev–Trinajstić information content (AvgIpc) is 2.76. The van der Waals surface area contributed by atoms with Crippen molar-refractivity contribution in [2.24, 2.45) is 5.41 Å². The van der Waals surface area contributed by atoms with Gasteiger partial charge in [0.2, 0.25) is 0 Å². The Kier molecular flexibility index (Phi) is 6.04. The number of carbonyl (C=O) groups excluding carboxylic acids is 1. The van der Waals surface area contributed by atoms with Gasteiger partial charge in [-0.05, 0) is 56.1 Å². The third-order valence-electron chi connectivity index (χ3n) is 6.60. The van der Waals surface area contributed by atoms with Crippen LogP contribution in [0.1, 0.15) is 50.6 Å². The van der Waals surface area contributed by atoms with E-state index < -0.39 is 17.7 Å². The molecular weight excluding hydrogens is 450 g/mol. The number of benzene rings is 1. The van der Waals surface area contributed by atoms with Gasteiger partial charge in [0.15, 0.2) is 11.5 Å². The molecule has 3 aliphatic carbocycles. The number of aromatic nitrogens is 2. The van der Waals surface area contributed by atoms with Crippen LogP contribution < -0.4 is 10.1 Å². The van der Waals surface area contributed by atoms with Crippen LogP contribution in [0, 0.1) is 11.2 Å². The van der Waals surface area contributed by atoms with Crippen LogP contribution in [0.4, 0.5) is 23.4 Å². The molecule has 0 saturated heterocycles. The molecule has 0 unspecified atom stereocenters. The predicted molar refractivity (Wildman–Crippen MR) is 110 cm³/mol. The zero-order chi connectivity index (χ0) is 23.0. The lowest BCUT2D eigenvalue weighted by atomic mass is 9.56. The van der Waals surface area contributed by atoms with Crippen molar-refractivity contribution in [1.82, 2.24) is 9.97 Å². The number of hydrogen-bond acceptors (Lipinski definition) is 5. The van der Waals surface area contributed by atoms with E-state index in [9.17, 15) is 22.4 Å². The van der Waals surface area contributed by atoms with Gasteiger partial charge in [-0.3, -0.25) is 4.79 Å². The minimum atomic E-state index is -4.52. The number of halogens is 5. The standard InChI is InChI=1S/C22H22ClF4N3O2/c23-16-2-1-15(9-17(16)24)32-13-14(31)10-20-3-6-21(7-4-20,8-5-20)30-19-12-28-18(11-29-19)22(25,26)27/h1-2,9,11-12H,3-8,10,13H2,(H,29,30). The summed E-state index contributed by atoms with van der Waals surface area (Å²) in [6.07, 6.45) is 2.61. The zero-order valence-corrected chi connectivity index (χ0v) is 17.9. The molecule has 0 amide bonds. The minimum absolute atomic E-state index is 0.00801. The van der Waals surface area contributed by atoms with Gasteiger partial charge >= 0.3 is 6.18 Å². The number of carbonyl (C=O) groups is 1. The molecule has 2 aromatic rings. The molecule has 3 saturated carbocycles. The van der Waals surface area contributed by atoms with E-state index in [0.29, 0.717) is 12.2 Å². The van der Waals surface area contributed by atoms with E-state index in [1.165, 1.54) is 12.1 Å². The summed E-state index contributed by atoms with van der Waals surface area (Å²) >= 11 is 5.65. The molecule has 1 aromatic carbocycles. The summed E-state index contributed by atoms with van der Waals surface area (Å²) in [5.74, 6) is -0.0642. The van der Waals surface area contributed by atoms with Crippen LogP contribution in [0.5, 0.6) is 5.75 Å². The number of nitrogens with one attached hydrogen (secondary N) is 1. The van der Waals surface area contributed by atoms with Crippen LogP contribution in [-0.4, -0.2) is 27.9 Å². The average molecular weight is 472 g/mol. The molecular formula is C22H22ClF4N3O2. The van der Waals surface area contributed by atoms with Gasteiger partial charge in [-0.15, -0.1) is 0 Å². The molecule has 5 rings (SSSR count). The summed E-state index contributed by atoms with van der Waals surface area (Å²) in [6.45, 7) is -0.132. The Hall–Kier alpha value is -2.42. The van der Waals surface area contributed by atoms with Crippen LogP contribution >= 0.6 is 11.6 Å². The van der Waals surface area contributed by atoms with Gasteiger partial charge in [0.25, 0.3) is 0 Å². The van der Waals surface area contributed by atoms with E-state index >= 15 is 0 Å². The maximum absolute atomic E-state index is 13.5. The SMILES string of the molecule is O=C(COc1ccc(Cl)c(F)c1)CC12CCC(Nc3cnc(C(F)(F)F)cn3)(CC1)CC2. The maximum Gasteiger partial charge on any atom is 0.434 e. The van der Waals surface area contributed by atoms with E-state index in [1.807, 2.05) is 0 Å². The van der Waals surface area contributed by atoms with Crippen LogP contribution in [-0.2, 0) is 11.0 Å². The Morgan fingerprint density at radius 1 is 1.09 bits per heavy atom. The maximum atomic E-state index is 13.5. The fraction of sp³-hybridized carbons (Fsp3) is 0.500. The van der Waals surface area contributed by atoms with E-state index in [0.717, 1.165) is 57.0 Å². The van der Waals surface area contributed by atoms with Gasteiger partial charge in [-0.25, -0.2) is 14.4 Å². The highest BCUT2D eigenvalue weighted by molar-refractivity contribution is 6.30. The molecule has 0 aliphatic heterocycles. The van der Waals surface area contributed by atoms with Gasteiger partial charge in [-0.2, -0.15) is 13.2 Å². The molecule has 1 N–H and O–H groups in total. The van der Waals surface area contributed by atoms with E-state index in [1.54, 1.807) is 0 Å². The highest BCUT2D eigenvalue weighted by Gasteiger charge is 2.49. The lowest BCUT2D eigenvalue weighted by molar-refractivity contribution is -0.141. The minimum Gasteiger partial charge on any atom is -0.486 e. The molecule has 2 bridgehead atoms. The topological polar surface area (TPSA) is 64.1 Å². The Labute approximate surface area is 187 Å². The second kappa shape index (κ2) is 8.50. The zero-order valence-electron chi connectivity index (χ0n) is 17.1.